The molecule has 0 heterocycles. The summed E-state index contributed by atoms with van der Waals surface area (Å²) in [4.78, 5) is 0. The van der Waals surface area contributed by atoms with Crippen LogP contribution in [0.3, 0.4) is 0 Å². The van der Waals surface area contributed by atoms with Crippen LogP contribution in [0.15, 0.2) is 0 Å². The average Bonchev–Trinajstić information content (AvgIpc) is 0. The first-order valence-electron chi connectivity index (χ1n) is 0. The number of rotatable bonds is 0. The fourth-order valence-corrected chi connectivity index (χ4v) is 0. The summed E-state index contributed by atoms with van der Waals surface area (Å²) < 4.78 is 0. The van der Waals surface area contributed by atoms with Crippen molar-refractivity contribution in [2.45, 2.75) is 0 Å². The second-order valence-electron chi connectivity index (χ2n) is 0. The molecule has 8 heteroatoms. The SMILES string of the molecule is Br.Br.O.[Br-].[Br-].[Br-].[Br-].[Os+4]. The van der Waals surface area contributed by atoms with Gasteiger partial charge in [-0.25, -0.2) is 0 Å². The predicted molar refractivity (Wildman–Crippen MR) is 24.3 cm³/mol. The van der Waals surface area contributed by atoms with Crippen molar-refractivity contribution in [1.29, 1.82) is 0 Å². The van der Waals surface area contributed by atoms with Crippen molar-refractivity contribution >= 4 is 34.0 Å². The van der Waals surface area contributed by atoms with E-state index in [1.54, 1.807) is 0 Å². The third-order valence-corrected chi connectivity index (χ3v) is 0. The van der Waals surface area contributed by atoms with E-state index in [-0.39, 0.29) is 127 Å². The molecule has 0 aliphatic heterocycles. The Morgan fingerprint density at radius 2 is 0.500 bits per heavy atom. The van der Waals surface area contributed by atoms with Crippen LogP contribution in [0.25, 0.3) is 0 Å². The molecule has 0 unspecified atom stereocenters. The summed E-state index contributed by atoms with van der Waals surface area (Å²) in [5.74, 6) is 0. The van der Waals surface area contributed by atoms with Gasteiger partial charge in [0.2, 0.25) is 0 Å². The molecule has 0 aromatic rings. The molecule has 1 nitrogen and oxygen atoms in total. The van der Waals surface area contributed by atoms with E-state index in [4.69, 9.17) is 0 Å². The van der Waals surface area contributed by atoms with Crippen molar-refractivity contribution in [3.05, 3.63) is 0 Å². The summed E-state index contributed by atoms with van der Waals surface area (Å²) in [7, 11) is 0. The minimum absolute atomic E-state index is 0. The summed E-state index contributed by atoms with van der Waals surface area (Å²) in [6.07, 6.45) is 0. The Hall–Kier alpha value is 3.48. The van der Waals surface area contributed by atoms with Crippen LogP contribution in [0.4, 0.5) is 0 Å². The van der Waals surface area contributed by atoms with Gasteiger partial charge in [-0.2, -0.15) is 0 Å². The van der Waals surface area contributed by atoms with Gasteiger partial charge < -0.3 is 73.4 Å². The summed E-state index contributed by atoms with van der Waals surface area (Å²) in [6.45, 7) is 0. The molecule has 0 saturated heterocycles. The van der Waals surface area contributed by atoms with Gasteiger partial charge in [-0.1, -0.05) is 0 Å². The van der Waals surface area contributed by atoms with Gasteiger partial charge in [-0.15, -0.1) is 34.0 Å². The molecule has 0 saturated carbocycles. The molecule has 8 heavy (non-hydrogen) atoms. The van der Waals surface area contributed by atoms with Gasteiger partial charge in [-0.05, 0) is 0 Å². The van der Waals surface area contributed by atoms with E-state index in [1.807, 2.05) is 0 Å². The molecule has 0 aliphatic carbocycles. The normalized spacial score (nSPS) is 0. The van der Waals surface area contributed by atoms with Crippen molar-refractivity contribution in [1.82, 2.24) is 0 Å². The molecule has 0 spiro atoms. The van der Waals surface area contributed by atoms with Crippen LogP contribution in [-0.4, -0.2) is 5.48 Å². The molecule has 0 fully saturated rings. The van der Waals surface area contributed by atoms with Crippen molar-refractivity contribution < 1.29 is 93.2 Å². The second-order valence-corrected chi connectivity index (χ2v) is 0. The Bertz CT molecular complexity index is 8.49. The average molecular weight is 690 g/mol. The van der Waals surface area contributed by atoms with Crippen LogP contribution in [0, 0.1) is 0 Å². The third kappa shape index (κ3) is 56.3. The Morgan fingerprint density at radius 3 is 0.500 bits per heavy atom. The summed E-state index contributed by atoms with van der Waals surface area (Å²) in [5.41, 5.74) is 0. The monoisotopic (exact) mass is 685 g/mol. The Kier molecular flexibility index (Phi) is 1010. The zero-order valence-electron chi connectivity index (χ0n) is 3.18. The minimum atomic E-state index is 0. The smallest absolute Gasteiger partial charge is 1.00 e. The van der Waals surface area contributed by atoms with Gasteiger partial charge in [-0.3, -0.25) is 0 Å². The number of hydrogen-bond donors (Lipinski definition) is 0. The first kappa shape index (κ1) is 104. The molecular weight excluding hydrogens is 686 g/mol. The van der Waals surface area contributed by atoms with Crippen LogP contribution in [0.1, 0.15) is 0 Å². The van der Waals surface area contributed by atoms with Crippen molar-refractivity contribution in [2.75, 3.05) is 0 Å². The maximum absolute atomic E-state index is 0. The van der Waals surface area contributed by atoms with E-state index in [0.717, 1.165) is 0 Å². The quantitative estimate of drug-likeness (QED) is 0.243. The molecular formula is H4Br6OOs. The van der Waals surface area contributed by atoms with Crippen molar-refractivity contribution in [3.63, 3.8) is 0 Å². The predicted octanol–water partition coefficient (Wildman–Crippen LogP) is -11.7. The largest absolute Gasteiger partial charge is 4.00 e. The van der Waals surface area contributed by atoms with E-state index in [2.05, 4.69) is 0 Å². The molecule has 0 radical (unpaired) electrons. The third-order valence-electron chi connectivity index (χ3n) is 0. The van der Waals surface area contributed by atoms with Gasteiger partial charge in [0.25, 0.3) is 0 Å². The fourth-order valence-electron chi connectivity index (χ4n) is 0. The molecule has 2 N–H and O–H groups in total. The second kappa shape index (κ2) is 77.8. The van der Waals surface area contributed by atoms with Crippen LogP contribution in [-0.2, 0) is 19.8 Å². The van der Waals surface area contributed by atoms with Crippen LogP contribution in [0.5, 0.6) is 0 Å². The van der Waals surface area contributed by atoms with Gasteiger partial charge in [0.15, 0.2) is 0 Å². The fraction of sp³-hybridized carbons (Fsp3) is 0. The number of halogens is 6. The zero-order valence-corrected chi connectivity index (χ0v) is 15.5. The van der Waals surface area contributed by atoms with E-state index >= 15 is 0 Å². The standard InChI is InChI=1S/6BrH.H2O.Os/h6*1H;1H2;/q;;;;;;;+4/p-4. The summed E-state index contributed by atoms with van der Waals surface area (Å²) >= 11 is 0. The number of hydrogen-bond acceptors (Lipinski definition) is 0. The van der Waals surface area contributed by atoms with Gasteiger partial charge >= 0.3 is 19.8 Å². The molecule has 0 bridgehead atoms. The van der Waals surface area contributed by atoms with Gasteiger partial charge in [0.05, 0.1) is 0 Å². The molecule has 0 rings (SSSR count). The van der Waals surface area contributed by atoms with E-state index in [0.29, 0.717) is 0 Å². The molecule has 0 atom stereocenters. The molecule has 0 amide bonds. The van der Waals surface area contributed by atoms with E-state index in [1.165, 1.54) is 0 Å². The maximum atomic E-state index is 0. The molecule has 0 aliphatic rings. The maximum Gasteiger partial charge on any atom is 4.00 e. The van der Waals surface area contributed by atoms with Crippen LogP contribution in [0.2, 0.25) is 0 Å². The molecule has 0 aromatic carbocycles. The summed E-state index contributed by atoms with van der Waals surface area (Å²) in [5, 5.41) is 0. The van der Waals surface area contributed by atoms with Gasteiger partial charge in [0, 0.05) is 0 Å². The Labute approximate surface area is 125 Å². The topological polar surface area (TPSA) is 31.5 Å². The van der Waals surface area contributed by atoms with E-state index < -0.39 is 0 Å². The molecule has 0 aromatic heterocycles. The Morgan fingerprint density at radius 1 is 0.500 bits per heavy atom. The van der Waals surface area contributed by atoms with Crippen molar-refractivity contribution in [3.8, 4) is 0 Å². The Balaban J connectivity index is 0. The van der Waals surface area contributed by atoms with Gasteiger partial charge in [0.1, 0.15) is 0 Å². The van der Waals surface area contributed by atoms with Crippen molar-refractivity contribution in [2.24, 2.45) is 0 Å². The van der Waals surface area contributed by atoms with E-state index in [9.17, 15) is 0 Å². The minimum Gasteiger partial charge on any atom is -1.00 e. The summed E-state index contributed by atoms with van der Waals surface area (Å²) in [6, 6.07) is 0. The van der Waals surface area contributed by atoms with Crippen LogP contribution >= 0.6 is 34.0 Å². The first-order valence-corrected chi connectivity index (χ1v) is 0. The zero-order chi connectivity index (χ0) is 0. The van der Waals surface area contributed by atoms with Crippen LogP contribution < -0.4 is 67.9 Å². The molecule has 60 valence electrons. The first-order chi connectivity index (χ1) is 0.